The lowest BCUT2D eigenvalue weighted by molar-refractivity contribution is 0.306. The summed E-state index contributed by atoms with van der Waals surface area (Å²) in [4.78, 5) is 0. The molecule has 1 saturated carbocycles. The molecule has 2 N–H and O–H groups in total. The fraction of sp³-hybridized carbons (Fsp3) is 0.533. The predicted octanol–water partition coefficient (Wildman–Crippen LogP) is 3.06. The van der Waals surface area contributed by atoms with Crippen LogP contribution in [0.2, 0.25) is 0 Å². The van der Waals surface area contributed by atoms with E-state index in [1.807, 2.05) is 28.9 Å². The first-order valence-corrected chi connectivity index (χ1v) is 7.39. The number of benzene rings is 1. The average molecular weight is 271 g/mol. The molecule has 106 valence electrons. The molecule has 5 nitrogen and oxygen atoms in total. The van der Waals surface area contributed by atoms with E-state index < -0.39 is 0 Å². The van der Waals surface area contributed by atoms with Crippen molar-refractivity contribution in [2.45, 2.75) is 45.1 Å². The van der Waals surface area contributed by atoms with Crippen LogP contribution in [0.4, 0.5) is 5.69 Å². The maximum absolute atomic E-state index is 5.75. The molecule has 1 aliphatic carbocycles. The first-order chi connectivity index (χ1) is 9.75. The third-order valence-corrected chi connectivity index (χ3v) is 4.29. The predicted molar refractivity (Wildman–Crippen MR) is 79.0 cm³/mol. The van der Waals surface area contributed by atoms with E-state index in [-0.39, 0.29) is 0 Å². The summed E-state index contributed by atoms with van der Waals surface area (Å²) in [5.74, 6) is 1.47. The van der Waals surface area contributed by atoms with Crippen molar-refractivity contribution in [3.05, 3.63) is 24.3 Å². The highest BCUT2D eigenvalue weighted by Crippen LogP contribution is 2.34. The van der Waals surface area contributed by atoms with Crippen molar-refractivity contribution in [3.8, 4) is 11.4 Å². The number of anilines is 1. The van der Waals surface area contributed by atoms with Crippen LogP contribution < -0.4 is 5.73 Å². The Kier molecular flexibility index (Phi) is 3.67. The van der Waals surface area contributed by atoms with E-state index >= 15 is 0 Å². The summed E-state index contributed by atoms with van der Waals surface area (Å²) in [7, 11) is 0. The van der Waals surface area contributed by atoms with Crippen molar-refractivity contribution in [1.82, 2.24) is 20.2 Å². The molecule has 0 aliphatic heterocycles. The third-order valence-electron chi connectivity index (χ3n) is 4.29. The molecule has 1 aliphatic rings. The molecule has 3 rings (SSSR count). The van der Waals surface area contributed by atoms with Gasteiger partial charge in [0.05, 0.1) is 6.04 Å². The maximum atomic E-state index is 5.75. The minimum Gasteiger partial charge on any atom is -0.399 e. The Labute approximate surface area is 119 Å². The molecule has 1 aromatic heterocycles. The molecular weight excluding hydrogens is 250 g/mol. The van der Waals surface area contributed by atoms with Gasteiger partial charge in [0.25, 0.3) is 0 Å². The fourth-order valence-corrected chi connectivity index (χ4v) is 3.08. The molecule has 2 aromatic rings. The zero-order chi connectivity index (χ0) is 13.9. The SMILES string of the molecule is CC1CCCCCC1n1nnnc1-c1ccc(N)cc1. The molecule has 0 spiro atoms. The van der Waals surface area contributed by atoms with E-state index in [4.69, 9.17) is 5.73 Å². The first kappa shape index (κ1) is 13.1. The highest BCUT2D eigenvalue weighted by Gasteiger charge is 2.25. The zero-order valence-electron chi connectivity index (χ0n) is 11.9. The standard InChI is InChI=1S/C15H21N5/c1-11-5-3-2-4-6-14(11)20-15(17-18-19-20)12-7-9-13(16)10-8-12/h7-11,14H,2-6,16H2,1H3. The summed E-state index contributed by atoms with van der Waals surface area (Å²) in [6, 6.07) is 8.16. The van der Waals surface area contributed by atoms with E-state index in [1.165, 1.54) is 25.7 Å². The lowest BCUT2D eigenvalue weighted by Crippen LogP contribution is -2.18. The van der Waals surface area contributed by atoms with Crippen LogP contribution in [0.25, 0.3) is 11.4 Å². The molecule has 1 fully saturated rings. The van der Waals surface area contributed by atoms with Crippen LogP contribution in [0.1, 0.15) is 45.1 Å². The Morgan fingerprint density at radius 3 is 2.65 bits per heavy atom. The average Bonchev–Trinajstić information content (AvgIpc) is 2.83. The second-order valence-electron chi connectivity index (χ2n) is 5.75. The highest BCUT2D eigenvalue weighted by atomic mass is 15.5. The van der Waals surface area contributed by atoms with E-state index in [9.17, 15) is 0 Å². The van der Waals surface area contributed by atoms with E-state index in [0.717, 1.165) is 23.5 Å². The Hall–Kier alpha value is -1.91. The second kappa shape index (κ2) is 5.61. The van der Waals surface area contributed by atoms with Crippen LogP contribution in [-0.2, 0) is 0 Å². The summed E-state index contributed by atoms with van der Waals surface area (Å²) < 4.78 is 2.02. The molecule has 2 unspecified atom stereocenters. The van der Waals surface area contributed by atoms with Crippen molar-refractivity contribution in [1.29, 1.82) is 0 Å². The molecule has 0 radical (unpaired) electrons. The van der Waals surface area contributed by atoms with Gasteiger partial charge in [0.2, 0.25) is 0 Å². The van der Waals surface area contributed by atoms with Crippen molar-refractivity contribution < 1.29 is 0 Å². The minimum absolute atomic E-state index is 0.403. The molecule has 2 atom stereocenters. The number of rotatable bonds is 2. The molecule has 20 heavy (non-hydrogen) atoms. The monoisotopic (exact) mass is 271 g/mol. The molecule has 1 aromatic carbocycles. The van der Waals surface area contributed by atoms with Gasteiger partial charge in [-0.2, -0.15) is 0 Å². The third kappa shape index (κ3) is 2.53. The van der Waals surface area contributed by atoms with Gasteiger partial charge < -0.3 is 5.73 Å². The van der Waals surface area contributed by atoms with Crippen molar-refractivity contribution >= 4 is 5.69 Å². The quantitative estimate of drug-likeness (QED) is 0.673. The molecule has 1 heterocycles. The van der Waals surface area contributed by atoms with Crippen LogP contribution in [0.5, 0.6) is 0 Å². The Morgan fingerprint density at radius 2 is 1.85 bits per heavy atom. The van der Waals surface area contributed by atoms with Crippen molar-refractivity contribution in [3.63, 3.8) is 0 Å². The molecule has 5 heteroatoms. The summed E-state index contributed by atoms with van der Waals surface area (Å²) in [6.07, 6.45) is 6.31. The van der Waals surface area contributed by atoms with E-state index in [2.05, 4.69) is 22.4 Å². The molecule has 0 amide bonds. The van der Waals surface area contributed by atoms with Gasteiger partial charge in [-0.1, -0.05) is 26.2 Å². The number of hydrogen-bond acceptors (Lipinski definition) is 4. The van der Waals surface area contributed by atoms with Gasteiger partial charge in [-0.05, 0) is 53.5 Å². The Bertz CT molecular complexity index is 560. The van der Waals surface area contributed by atoms with Crippen LogP contribution in [0, 0.1) is 5.92 Å². The molecular formula is C15H21N5. The largest absolute Gasteiger partial charge is 0.399 e. The van der Waals surface area contributed by atoms with Gasteiger partial charge in [-0.3, -0.25) is 0 Å². The number of hydrogen-bond donors (Lipinski definition) is 1. The van der Waals surface area contributed by atoms with Gasteiger partial charge >= 0.3 is 0 Å². The normalized spacial score (nSPS) is 23.4. The smallest absolute Gasteiger partial charge is 0.182 e. The topological polar surface area (TPSA) is 69.6 Å². The zero-order valence-corrected chi connectivity index (χ0v) is 11.9. The first-order valence-electron chi connectivity index (χ1n) is 7.39. The van der Waals surface area contributed by atoms with Crippen LogP contribution in [-0.4, -0.2) is 20.2 Å². The number of aromatic nitrogens is 4. The van der Waals surface area contributed by atoms with Gasteiger partial charge in [-0.15, -0.1) is 5.10 Å². The van der Waals surface area contributed by atoms with Gasteiger partial charge in [-0.25, -0.2) is 4.68 Å². The molecule has 0 saturated heterocycles. The Morgan fingerprint density at radius 1 is 1.10 bits per heavy atom. The Balaban J connectivity index is 1.94. The summed E-state index contributed by atoms with van der Waals surface area (Å²) in [5.41, 5.74) is 7.53. The highest BCUT2D eigenvalue weighted by molar-refractivity contribution is 5.58. The lowest BCUT2D eigenvalue weighted by Gasteiger charge is -2.22. The fourth-order valence-electron chi connectivity index (χ4n) is 3.08. The minimum atomic E-state index is 0.403. The molecule has 0 bridgehead atoms. The number of nitrogen functional groups attached to an aromatic ring is 1. The summed E-state index contributed by atoms with van der Waals surface area (Å²) >= 11 is 0. The summed E-state index contributed by atoms with van der Waals surface area (Å²) in [6.45, 7) is 2.31. The van der Waals surface area contributed by atoms with Crippen molar-refractivity contribution in [2.24, 2.45) is 5.92 Å². The maximum Gasteiger partial charge on any atom is 0.182 e. The number of tetrazole rings is 1. The van der Waals surface area contributed by atoms with Crippen molar-refractivity contribution in [2.75, 3.05) is 5.73 Å². The van der Waals surface area contributed by atoms with E-state index in [1.54, 1.807) is 0 Å². The van der Waals surface area contributed by atoms with Gasteiger partial charge in [0.1, 0.15) is 0 Å². The number of nitrogens with two attached hydrogens (primary N) is 1. The van der Waals surface area contributed by atoms with Crippen LogP contribution in [0.3, 0.4) is 0 Å². The van der Waals surface area contributed by atoms with Crippen LogP contribution in [0.15, 0.2) is 24.3 Å². The second-order valence-corrected chi connectivity index (χ2v) is 5.75. The van der Waals surface area contributed by atoms with E-state index in [0.29, 0.717) is 12.0 Å². The lowest BCUT2D eigenvalue weighted by atomic mass is 9.97. The number of nitrogens with zero attached hydrogens (tertiary/aromatic N) is 4. The van der Waals surface area contributed by atoms with Gasteiger partial charge in [0, 0.05) is 11.3 Å². The van der Waals surface area contributed by atoms with Gasteiger partial charge in [0.15, 0.2) is 5.82 Å². The van der Waals surface area contributed by atoms with Crippen LogP contribution >= 0.6 is 0 Å². The summed E-state index contributed by atoms with van der Waals surface area (Å²) in [5, 5.41) is 12.4.